The normalized spacial score (nSPS) is 18.5. The second-order valence-electron chi connectivity index (χ2n) is 15.0. The summed E-state index contributed by atoms with van der Waals surface area (Å²) in [5.74, 6) is -2.73. The summed E-state index contributed by atoms with van der Waals surface area (Å²) in [5, 5.41) is 5.49. The molecule has 5 heterocycles. The van der Waals surface area contributed by atoms with Crippen LogP contribution >= 0.6 is 11.6 Å². The van der Waals surface area contributed by atoms with Crippen LogP contribution < -0.4 is 21.3 Å². The molecule has 1 spiro atoms. The number of para-hydroxylation sites is 1. The molecule has 8 rings (SSSR count). The number of ether oxygens (including phenoxy) is 1. The first-order valence-corrected chi connectivity index (χ1v) is 19.1. The first-order chi connectivity index (χ1) is 27.0. The Morgan fingerprint density at radius 2 is 1.79 bits per heavy atom. The van der Waals surface area contributed by atoms with Gasteiger partial charge < -0.3 is 30.4 Å². The monoisotopic (exact) mass is 782 g/mol. The van der Waals surface area contributed by atoms with Crippen LogP contribution in [0.15, 0.2) is 88.1 Å². The number of furan rings is 1. The summed E-state index contributed by atoms with van der Waals surface area (Å²) < 4.78 is 40.6. The highest BCUT2D eigenvalue weighted by atomic mass is 35.5. The summed E-state index contributed by atoms with van der Waals surface area (Å²) in [5.41, 5.74) is 10.5. The number of halogens is 3. The molecule has 56 heavy (non-hydrogen) atoms. The molecule has 1 atom stereocenters. The zero-order valence-corrected chi connectivity index (χ0v) is 31.6. The van der Waals surface area contributed by atoms with Crippen LogP contribution in [0.2, 0.25) is 5.02 Å². The van der Waals surface area contributed by atoms with Crippen LogP contribution in [0.1, 0.15) is 65.5 Å². The van der Waals surface area contributed by atoms with Crippen molar-refractivity contribution in [2.75, 3.05) is 48.4 Å². The first-order valence-electron chi connectivity index (χ1n) is 18.8. The largest absolute Gasteiger partial charge is 0.449 e. The van der Waals surface area contributed by atoms with Gasteiger partial charge in [0.05, 0.1) is 22.6 Å². The molecule has 2 saturated heterocycles. The van der Waals surface area contributed by atoms with Crippen molar-refractivity contribution >= 4 is 46.4 Å². The maximum atomic E-state index is 14.7. The van der Waals surface area contributed by atoms with Crippen molar-refractivity contribution in [2.24, 2.45) is 11.1 Å². The van der Waals surface area contributed by atoms with Crippen LogP contribution in [-0.4, -0.2) is 66.5 Å². The number of allylic oxidation sites excluding steroid dienone is 3. The van der Waals surface area contributed by atoms with Crippen molar-refractivity contribution in [1.82, 2.24) is 9.88 Å². The lowest BCUT2D eigenvalue weighted by Gasteiger charge is -2.54. The van der Waals surface area contributed by atoms with E-state index in [0.29, 0.717) is 22.4 Å². The van der Waals surface area contributed by atoms with Crippen molar-refractivity contribution in [1.29, 1.82) is 0 Å². The zero-order valence-electron chi connectivity index (χ0n) is 30.8. The Morgan fingerprint density at radius 1 is 1.02 bits per heavy atom. The van der Waals surface area contributed by atoms with E-state index in [-0.39, 0.29) is 63.9 Å². The number of hydrogen-bond donors (Lipinski definition) is 3. The number of rotatable bonds is 8. The van der Waals surface area contributed by atoms with Crippen molar-refractivity contribution in [3.63, 3.8) is 0 Å². The standard InChI is InChI=1S/C42H41ClF2N6O5/c1-24(50-22-42(23-50)13-16-55-17-14-42)30(18-26-4-2-7-33(26)46)39(52)48-29-10-8-25(9-11-29)41(54)51-15-12-27-19-35(40(53)49-36-31(43)5-3-6-32(36)45)56-38(27)37-34(51)20-28(44)21-47-37/h3,5-6,8-11,18-21,24H,2,4,7,12-17,22-23,46H2,1H3,(H,48,52)(H,49,53)/b30-18+. The number of pyridine rings is 1. The summed E-state index contributed by atoms with van der Waals surface area (Å²) in [4.78, 5) is 49.1. The van der Waals surface area contributed by atoms with Crippen molar-refractivity contribution in [3.05, 3.63) is 117 Å². The Balaban J connectivity index is 0.992. The predicted octanol–water partition coefficient (Wildman–Crippen LogP) is 7.49. The van der Waals surface area contributed by atoms with Gasteiger partial charge in [-0.3, -0.25) is 19.3 Å². The van der Waals surface area contributed by atoms with E-state index in [9.17, 15) is 23.2 Å². The average molecular weight is 783 g/mol. The van der Waals surface area contributed by atoms with Gasteiger partial charge in [0.2, 0.25) is 0 Å². The van der Waals surface area contributed by atoms with E-state index < -0.39 is 23.4 Å². The fraction of sp³-hybridized carbons (Fsp3) is 0.333. The number of carbonyl (C=O) groups excluding carboxylic acids is 3. The smallest absolute Gasteiger partial charge is 0.291 e. The number of nitrogens with two attached hydrogens (primary N) is 1. The highest BCUT2D eigenvalue weighted by Crippen LogP contribution is 2.42. The fourth-order valence-electron chi connectivity index (χ4n) is 8.07. The number of aromatic nitrogens is 1. The number of fused-ring (bicyclic) bond motifs is 3. The lowest BCUT2D eigenvalue weighted by Crippen LogP contribution is -2.61. The molecule has 2 fully saturated rings. The Morgan fingerprint density at radius 3 is 2.50 bits per heavy atom. The SMILES string of the molecule is CC(/C(=C\C1=C(N)CCC1)C(=O)Nc1ccc(C(=O)N2CCc3cc(C(=O)Nc4c(F)cccc4Cl)oc3-c3ncc(F)cc32)cc1)N1CC2(CCOCC2)C1. The van der Waals surface area contributed by atoms with E-state index in [1.54, 1.807) is 24.3 Å². The number of nitrogens with zero attached hydrogens (tertiary/aromatic N) is 3. The van der Waals surface area contributed by atoms with Gasteiger partial charge in [0.25, 0.3) is 17.7 Å². The number of benzene rings is 2. The number of hydrogen-bond acceptors (Lipinski definition) is 8. The molecule has 3 aliphatic heterocycles. The molecule has 0 saturated carbocycles. The molecule has 4 aromatic rings. The van der Waals surface area contributed by atoms with Gasteiger partial charge in [-0.1, -0.05) is 17.7 Å². The summed E-state index contributed by atoms with van der Waals surface area (Å²) in [6, 6.07) is 13.1. The van der Waals surface area contributed by atoms with Gasteiger partial charge in [-0.15, -0.1) is 0 Å². The van der Waals surface area contributed by atoms with E-state index >= 15 is 0 Å². The Bertz CT molecular complexity index is 2250. The Labute approximate surface area is 327 Å². The van der Waals surface area contributed by atoms with Gasteiger partial charge in [-0.2, -0.15) is 0 Å². The summed E-state index contributed by atoms with van der Waals surface area (Å²) in [7, 11) is 0. The van der Waals surface area contributed by atoms with Gasteiger partial charge in [-0.25, -0.2) is 13.8 Å². The third-order valence-corrected chi connectivity index (χ3v) is 11.7. The number of carbonyl (C=O) groups is 3. The molecule has 1 unspecified atom stereocenters. The van der Waals surface area contributed by atoms with Crippen molar-refractivity contribution in [3.8, 4) is 11.5 Å². The minimum Gasteiger partial charge on any atom is -0.449 e. The van der Waals surface area contributed by atoms with E-state index in [1.165, 1.54) is 35.2 Å². The van der Waals surface area contributed by atoms with Crippen LogP contribution in [0.3, 0.4) is 0 Å². The van der Waals surface area contributed by atoms with Crippen molar-refractivity contribution < 1.29 is 32.3 Å². The summed E-state index contributed by atoms with van der Waals surface area (Å²) in [6.45, 7) is 5.53. The van der Waals surface area contributed by atoms with Gasteiger partial charge in [-0.05, 0) is 99.6 Å². The molecule has 1 aliphatic carbocycles. The first kappa shape index (κ1) is 37.5. The van der Waals surface area contributed by atoms with E-state index in [1.807, 2.05) is 6.08 Å². The minimum atomic E-state index is -0.741. The molecule has 14 heteroatoms. The fourth-order valence-corrected chi connectivity index (χ4v) is 8.28. The highest BCUT2D eigenvalue weighted by molar-refractivity contribution is 6.34. The van der Waals surface area contributed by atoms with Crippen LogP contribution in [-0.2, 0) is 16.0 Å². The molecule has 3 amide bonds. The molecule has 4 aliphatic rings. The molecule has 2 aromatic carbocycles. The van der Waals surface area contributed by atoms with Crippen LogP contribution in [0, 0.1) is 17.0 Å². The lowest BCUT2D eigenvalue weighted by molar-refractivity contribution is -0.116. The third-order valence-electron chi connectivity index (χ3n) is 11.3. The molecular formula is C42H41ClF2N6O5. The molecule has 0 radical (unpaired) electrons. The third kappa shape index (κ3) is 7.34. The molecule has 290 valence electrons. The summed E-state index contributed by atoms with van der Waals surface area (Å²) >= 11 is 6.09. The van der Waals surface area contributed by atoms with Crippen LogP contribution in [0.25, 0.3) is 11.5 Å². The number of nitrogens with one attached hydrogen (secondary N) is 2. The van der Waals surface area contributed by atoms with E-state index in [2.05, 4.69) is 27.4 Å². The minimum absolute atomic E-state index is 0.0170. The maximum absolute atomic E-state index is 14.7. The van der Waals surface area contributed by atoms with Gasteiger partial charge in [0.15, 0.2) is 11.5 Å². The van der Waals surface area contributed by atoms with E-state index in [4.69, 9.17) is 26.5 Å². The summed E-state index contributed by atoms with van der Waals surface area (Å²) in [6.07, 6.45) is 7.85. The Hall–Kier alpha value is -5.37. The predicted molar refractivity (Wildman–Crippen MR) is 208 cm³/mol. The molecule has 0 bridgehead atoms. The van der Waals surface area contributed by atoms with Gasteiger partial charge >= 0.3 is 0 Å². The molecule has 4 N–H and O–H groups in total. The zero-order chi connectivity index (χ0) is 39.1. The molecule has 11 nitrogen and oxygen atoms in total. The Kier molecular flexibility index (Phi) is 10.2. The number of anilines is 3. The lowest BCUT2D eigenvalue weighted by atomic mass is 9.72. The van der Waals surface area contributed by atoms with E-state index in [0.717, 1.165) is 75.9 Å². The van der Waals surface area contributed by atoms with Crippen molar-refractivity contribution in [2.45, 2.75) is 51.5 Å². The quantitative estimate of drug-likeness (QED) is 0.156. The number of amides is 3. The second-order valence-corrected chi connectivity index (χ2v) is 15.4. The average Bonchev–Trinajstić information content (AvgIpc) is 3.76. The van der Waals surface area contributed by atoms with Gasteiger partial charge in [0, 0.05) is 78.5 Å². The number of likely N-dealkylation sites (tertiary alicyclic amines) is 1. The molecular weight excluding hydrogens is 742 g/mol. The maximum Gasteiger partial charge on any atom is 0.291 e. The topological polar surface area (TPSA) is 143 Å². The van der Waals surface area contributed by atoms with Gasteiger partial charge in [0.1, 0.15) is 17.3 Å². The van der Waals surface area contributed by atoms with Crippen LogP contribution in [0.4, 0.5) is 25.8 Å². The highest BCUT2D eigenvalue weighted by Gasteiger charge is 2.46. The molecule has 2 aromatic heterocycles. The van der Waals surface area contributed by atoms with Crippen LogP contribution in [0.5, 0.6) is 0 Å². The second kappa shape index (κ2) is 15.3.